The van der Waals surface area contributed by atoms with E-state index in [-0.39, 0.29) is 0 Å². The highest BCUT2D eigenvalue weighted by Crippen LogP contribution is 2.50. The molecule has 0 saturated carbocycles. The van der Waals surface area contributed by atoms with Crippen LogP contribution in [0.5, 0.6) is 0 Å². The summed E-state index contributed by atoms with van der Waals surface area (Å²) >= 11 is 0. The lowest BCUT2D eigenvalue weighted by Crippen LogP contribution is -2.12. The van der Waals surface area contributed by atoms with Crippen molar-refractivity contribution in [1.82, 2.24) is 0 Å². The molecule has 0 saturated heterocycles. The van der Waals surface area contributed by atoms with E-state index in [1.54, 1.807) is 0 Å². The average molecular weight is 724 g/mol. The van der Waals surface area contributed by atoms with Gasteiger partial charge < -0.3 is 4.90 Å². The van der Waals surface area contributed by atoms with E-state index in [1.165, 1.54) is 87.2 Å². The highest BCUT2D eigenvalue weighted by molar-refractivity contribution is 6.23. The molecule has 11 aromatic carbocycles. The van der Waals surface area contributed by atoms with Crippen molar-refractivity contribution in [2.45, 2.75) is 0 Å². The summed E-state index contributed by atoms with van der Waals surface area (Å²) in [6, 6.07) is 82.2. The quantitative estimate of drug-likeness (QED) is 0.154. The first-order valence-electron chi connectivity index (χ1n) is 19.7. The smallest absolute Gasteiger partial charge is 0.0624 e. The lowest BCUT2D eigenvalue weighted by molar-refractivity contribution is 1.30. The Morgan fingerprint density at radius 2 is 0.667 bits per heavy atom. The highest BCUT2D eigenvalue weighted by Gasteiger charge is 2.24. The number of benzene rings is 11. The largest absolute Gasteiger partial charge is 0.309 e. The fourth-order valence-electron chi connectivity index (χ4n) is 8.82. The second-order valence-corrected chi connectivity index (χ2v) is 14.9. The minimum Gasteiger partial charge on any atom is -0.309 e. The van der Waals surface area contributed by atoms with Crippen molar-refractivity contribution in [2.24, 2.45) is 0 Å². The number of hydrogen-bond donors (Lipinski definition) is 0. The van der Waals surface area contributed by atoms with Gasteiger partial charge >= 0.3 is 0 Å². The van der Waals surface area contributed by atoms with E-state index in [0.29, 0.717) is 0 Å². The van der Waals surface area contributed by atoms with Crippen LogP contribution < -0.4 is 4.90 Å². The Bertz CT molecular complexity index is 3270. The van der Waals surface area contributed by atoms with Crippen LogP contribution in [0.1, 0.15) is 0 Å². The molecule has 0 aliphatic rings. The topological polar surface area (TPSA) is 3.24 Å². The molecule has 0 aliphatic carbocycles. The van der Waals surface area contributed by atoms with Gasteiger partial charge in [0, 0.05) is 22.3 Å². The molecule has 0 unspecified atom stereocenters. The van der Waals surface area contributed by atoms with Crippen LogP contribution in [0, 0.1) is 0 Å². The van der Waals surface area contributed by atoms with Crippen LogP contribution in [0.3, 0.4) is 0 Å². The summed E-state index contributed by atoms with van der Waals surface area (Å²) in [4.78, 5) is 2.48. The first-order valence-corrected chi connectivity index (χ1v) is 19.7. The summed E-state index contributed by atoms with van der Waals surface area (Å²) in [5.74, 6) is 0. The Hall–Kier alpha value is -7.48. The van der Waals surface area contributed by atoms with Gasteiger partial charge in [0.15, 0.2) is 0 Å². The summed E-state index contributed by atoms with van der Waals surface area (Å²) in [6.45, 7) is 0. The standard InChI is InChI=1S/C56H37N/c1-2-12-38(13-3-1)40-28-32-47(33-29-40)57(48-34-30-41(31-35-48)45-26-25-43-24-23-42-15-6-7-17-49(42)54(43)37-45)56-53-21-11-9-19-51(53)50-18-8-10-20-52(50)55(56)46-27-22-39-14-4-5-16-44(39)36-46/h1-37H. The molecule has 266 valence electrons. The van der Waals surface area contributed by atoms with Gasteiger partial charge in [-0.05, 0) is 113 Å². The second kappa shape index (κ2) is 13.7. The molecule has 0 aromatic heterocycles. The van der Waals surface area contributed by atoms with E-state index < -0.39 is 0 Å². The first-order chi connectivity index (χ1) is 28.3. The minimum atomic E-state index is 1.10. The van der Waals surface area contributed by atoms with E-state index in [4.69, 9.17) is 0 Å². The van der Waals surface area contributed by atoms with Crippen molar-refractivity contribution in [3.63, 3.8) is 0 Å². The van der Waals surface area contributed by atoms with E-state index >= 15 is 0 Å². The van der Waals surface area contributed by atoms with Crippen LogP contribution in [0.25, 0.3) is 87.2 Å². The lowest BCUT2D eigenvalue weighted by Gasteiger charge is -2.31. The van der Waals surface area contributed by atoms with Gasteiger partial charge in [0.2, 0.25) is 0 Å². The third-order valence-electron chi connectivity index (χ3n) is 11.6. The van der Waals surface area contributed by atoms with Gasteiger partial charge in [0.05, 0.1) is 5.69 Å². The molecule has 1 heteroatoms. The number of nitrogens with zero attached hydrogens (tertiary/aromatic N) is 1. The molecule has 0 fully saturated rings. The molecule has 11 aromatic rings. The van der Waals surface area contributed by atoms with E-state index in [0.717, 1.165) is 17.1 Å². The van der Waals surface area contributed by atoms with Gasteiger partial charge in [-0.1, -0.05) is 188 Å². The summed E-state index contributed by atoms with van der Waals surface area (Å²) in [6.07, 6.45) is 0. The summed E-state index contributed by atoms with van der Waals surface area (Å²) in [7, 11) is 0. The van der Waals surface area contributed by atoms with Crippen molar-refractivity contribution in [1.29, 1.82) is 0 Å². The maximum Gasteiger partial charge on any atom is 0.0624 e. The van der Waals surface area contributed by atoms with Gasteiger partial charge in [-0.25, -0.2) is 0 Å². The SMILES string of the molecule is c1ccc(-c2ccc(N(c3ccc(-c4ccc5ccc6ccccc6c5c4)cc3)c3c(-c4ccc5ccccc5c4)c4ccccc4c4ccccc34)cc2)cc1. The summed E-state index contributed by atoms with van der Waals surface area (Å²) < 4.78 is 0. The number of hydrogen-bond acceptors (Lipinski definition) is 1. The fraction of sp³-hybridized carbons (Fsp3) is 0. The molecule has 0 heterocycles. The molecule has 0 radical (unpaired) electrons. The molecule has 0 N–H and O–H groups in total. The monoisotopic (exact) mass is 723 g/mol. The Labute approximate surface area is 332 Å². The minimum absolute atomic E-state index is 1.10. The van der Waals surface area contributed by atoms with Crippen LogP contribution in [-0.4, -0.2) is 0 Å². The number of anilines is 3. The maximum absolute atomic E-state index is 2.48. The Morgan fingerprint density at radius 1 is 0.228 bits per heavy atom. The molecule has 57 heavy (non-hydrogen) atoms. The van der Waals surface area contributed by atoms with E-state index in [1.807, 2.05) is 0 Å². The number of fused-ring (bicyclic) bond motifs is 7. The molecule has 11 rings (SSSR count). The Balaban J connectivity index is 1.15. The van der Waals surface area contributed by atoms with Crippen molar-refractivity contribution < 1.29 is 0 Å². The Morgan fingerprint density at radius 3 is 1.37 bits per heavy atom. The molecule has 1 nitrogen and oxygen atoms in total. The van der Waals surface area contributed by atoms with Gasteiger partial charge in [-0.15, -0.1) is 0 Å². The third-order valence-corrected chi connectivity index (χ3v) is 11.6. The summed E-state index contributed by atoms with van der Waals surface area (Å²) in [5, 5.41) is 12.4. The highest BCUT2D eigenvalue weighted by atomic mass is 15.1. The zero-order chi connectivity index (χ0) is 37.7. The predicted octanol–water partition coefficient (Wildman–Crippen LogP) is 15.9. The zero-order valence-electron chi connectivity index (χ0n) is 31.3. The van der Waals surface area contributed by atoms with Crippen LogP contribution >= 0.6 is 0 Å². The van der Waals surface area contributed by atoms with Crippen LogP contribution in [0.4, 0.5) is 17.1 Å². The van der Waals surface area contributed by atoms with Crippen LogP contribution in [-0.2, 0) is 0 Å². The molecule has 0 atom stereocenters. The molecular formula is C56H37N. The third kappa shape index (κ3) is 5.72. The second-order valence-electron chi connectivity index (χ2n) is 14.9. The van der Waals surface area contributed by atoms with Crippen LogP contribution in [0.15, 0.2) is 224 Å². The van der Waals surface area contributed by atoms with Crippen molar-refractivity contribution >= 4 is 70.9 Å². The van der Waals surface area contributed by atoms with Crippen molar-refractivity contribution in [3.05, 3.63) is 224 Å². The van der Waals surface area contributed by atoms with E-state index in [9.17, 15) is 0 Å². The lowest BCUT2D eigenvalue weighted by atomic mass is 9.89. The van der Waals surface area contributed by atoms with Crippen molar-refractivity contribution in [2.75, 3.05) is 4.90 Å². The predicted molar refractivity (Wildman–Crippen MR) is 245 cm³/mol. The van der Waals surface area contributed by atoms with Crippen molar-refractivity contribution in [3.8, 4) is 33.4 Å². The Kier molecular flexibility index (Phi) is 7.89. The molecular weight excluding hydrogens is 687 g/mol. The fourth-order valence-corrected chi connectivity index (χ4v) is 8.82. The normalized spacial score (nSPS) is 11.5. The first kappa shape index (κ1) is 32.9. The molecule has 0 spiro atoms. The van der Waals surface area contributed by atoms with Crippen LogP contribution in [0.2, 0.25) is 0 Å². The molecule has 0 amide bonds. The number of rotatable bonds is 6. The average Bonchev–Trinajstić information content (AvgIpc) is 3.29. The molecule has 0 bridgehead atoms. The zero-order valence-corrected chi connectivity index (χ0v) is 31.3. The van der Waals surface area contributed by atoms with Gasteiger partial charge in [-0.3, -0.25) is 0 Å². The van der Waals surface area contributed by atoms with Gasteiger partial charge in [0.1, 0.15) is 0 Å². The summed E-state index contributed by atoms with van der Waals surface area (Å²) in [5.41, 5.74) is 10.6. The van der Waals surface area contributed by atoms with Gasteiger partial charge in [-0.2, -0.15) is 0 Å². The molecule has 0 aliphatic heterocycles. The maximum atomic E-state index is 2.48. The van der Waals surface area contributed by atoms with Gasteiger partial charge in [0.25, 0.3) is 0 Å². The van der Waals surface area contributed by atoms with E-state index in [2.05, 4.69) is 229 Å².